The zero-order valence-electron chi connectivity index (χ0n) is 16.8. The normalized spacial score (nSPS) is 13.6. The van der Waals surface area contributed by atoms with E-state index in [4.69, 9.17) is 0 Å². The standard InChI is InChI=1S/C28H24/c1-16(2)28-17(3)8-9-24-26-14-20-13-25-21(10-18-6-4-5-7-23(18)25)11-19(20)12-22(26)15-27(24)28/h4-9,11-14,16H,10,15H2,1-3H3. The van der Waals surface area contributed by atoms with Crippen LogP contribution in [-0.2, 0) is 12.8 Å². The molecular weight excluding hydrogens is 336 g/mol. The molecule has 0 unspecified atom stereocenters. The van der Waals surface area contributed by atoms with Crippen molar-refractivity contribution in [1.29, 1.82) is 0 Å². The molecule has 0 saturated heterocycles. The van der Waals surface area contributed by atoms with E-state index in [1.165, 1.54) is 55.3 Å². The number of fused-ring (bicyclic) bond motifs is 7. The molecule has 0 aromatic heterocycles. The van der Waals surface area contributed by atoms with Crippen LogP contribution in [0.3, 0.4) is 0 Å². The quantitative estimate of drug-likeness (QED) is 0.286. The van der Waals surface area contributed by atoms with E-state index in [1.807, 2.05) is 0 Å². The third-order valence-electron chi connectivity index (χ3n) is 6.78. The topological polar surface area (TPSA) is 0 Å². The number of rotatable bonds is 1. The van der Waals surface area contributed by atoms with Crippen LogP contribution in [0.15, 0.2) is 60.7 Å². The average molecular weight is 361 g/mol. The van der Waals surface area contributed by atoms with Crippen molar-refractivity contribution in [2.45, 2.75) is 39.5 Å². The van der Waals surface area contributed by atoms with Crippen LogP contribution in [-0.4, -0.2) is 0 Å². The molecule has 0 heteroatoms. The first kappa shape index (κ1) is 16.1. The number of hydrogen-bond donors (Lipinski definition) is 0. The number of aryl methyl sites for hydroxylation is 1. The minimum absolute atomic E-state index is 0.569. The number of benzene rings is 4. The molecule has 0 radical (unpaired) electrons. The van der Waals surface area contributed by atoms with Gasteiger partial charge in [0.05, 0.1) is 0 Å². The Morgan fingerprint density at radius 1 is 0.643 bits per heavy atom. The molecule has 0 amide bonds. The molecule has 0 saturated carbocycles. The van der Waals surface area contributed by atoms with Crippen LogP contribution in [0.25, 0.3) is 33.0 Å². The van der Waals surface area contributed by atoms with E-state index in [-0.39, 0.29) is 0 Å². The summed E-state index contributed by atoms with van der Waals surface area (Å²) in [6.07, 6.45) is 2.14. The highest BCUT2D eigenvalue weighted by molar-refractivity contribution is 5.97. The van der Waals surface area contributed by atoms with Gasteiger partial charge in [-0.3, -0.25) is 0 Å². The molecule has 0 heterocycles. The van der Waals surface area contributed by atoms with E-state index in [0.717, 1.165) is 12.8 Å². The first-order chi connectivity index (χ1) is 13.6. The first-order valence-electron chi connectivity index (χ1n) is 10.4. The first-order valence-corrected chi connectivity index (χ1v) is 10.4. The van der Waals surface area contributed by atoms with Crippen LogP contribution in [0.4, 0.5) is 0 Å². The van der Waals surface area contributed by atoms with E-state index >= 15 is 0 Å². The molecule has 0 spiro atoms. The van der Waals surface area contributed by atoms with Crippen molar-refractivity contribution >= 4 is 10.8 Å². The molecular formula is C28H24. The Bertz CT molecular complexity index is 1290. The van der Waals surface area contributed by atoms with Gasteiger partial charge in [0.25, 0.3) is 0 Å². The van der Waals surface area contributed by atoms with Crippen LogP contribution in [0.1, 0.15) is 53.1 Å². The Morgan fingerprint density at radius 3 is 2.11 bits per heavy atom. The Balaban J connectivity index is 1.58. The molecule has 0 bridgehead atoms. The van der Waals surface area contributed by atoms with E-state index < -0.39 is 0 Å². The van der Waals surface area contributed by atoms with Gasteiger partial charge in [0.1, 0.15) is 0 Å². The Kier molecular flexibility index (Phi) is 3.21. The van der Waals surface area contributed by atoms with Gasteiger partial charge in [0.15, 0.2) is 0 Å². The lowest BCUT2D eigenvalue weighted by Crippen LogP contribution is -1.98. The molecule has 0 fully saturated rings. The predicted octanol–water partition coefficient (Wildman–Crippen LogP) is 7.41. The molecule has 4 aromatic rings. The maximum absolute atomic E-state index is 2.45. The van der Waals surface area contributed by atoms with Crippen LogP contribution in [0, 0.1) is 6.92 Å². The summed E-state index contributed by atoms with van der Waals surface area (Å²) in [5.74, 6) is 0.569. The number of hydrogen-bond acceptors (Lipinski definition) is 0. The van der Waals surface area contributed by atoms with Crippen LogP contribution in [0.5, 0.6) is 0 Å². The molecule has 0 atom stereocenters. The fraction of sp³-hybridized carbons (Fsp3) is 0.214. The van der Waals surface area contributed by atoms with E-state index in [1.54, 1.807) is 11.1 Å². The monoisotopic (exact) mass is 360 g/mol. The predicted molar refractivity (Wildman–Crippen MR) is 119 cm³/mol. The molecule has 136 valence electrons. The van der Waals surface area contributed by atoms with Gasteiger partial charge in [-0.25, -0.2) is 0 Å². The van der Waals surface area contributed by atoms with Crippen molar-refractivity contribution in [3.05, 3.63) is 94.0 Å². The molecule has 2 aliphatic rings. The van der Waals surface area contributed by atoms with Gasteiger partial charge in [0, 0.05) is 0 Å². The van der Waals surface area contributed by atoms with Crippen molar-refractivity contribution in [3.63, 3.8) is 0 Å². The minimum Gasteiger partial charge on any atom is -0.0619 e. The average Bonchev–Trinajstić information content (AvgIpc) is 3.21. The van der Waals surface area contributed by atoms with Crippen LogP contribution >= 0.6 is 0 Å². The van der Waals surface area contributed by atoms with Crippen molar-refractivity contribution in [1.82, 2.24) is 0 Å². The Morgan fingerprint density at radius 2 is 1.32 bits per heavy atom. The van der Waals surface area contributed by atoms with Crippen LogP contribution in [0.2, 0.25) is 0 Å². The van der Waals surface area contributed by atoms with Gasteiger partial charge in [-0.1, -0.05) is 62.4 Å². The van der Waals surface area contributed by atoms with Crippen molar-refractivity contribution in [2.75, 3.05) is 0 Å². The smallest absolute Gasteiger partial charge is 0.00103 e. The van der Waals surface area contributed by atoms with Crippen LogP contribution < -0.4 is 0 Å². The van der Waals surface area contributed by atoms with Crippen molar-refractivity contribution < 1.29 is 0 Å². The fourth-order valence-electron chi connectivity index (χ4n) is 5.60. The van der Waals surface area contributed by atoms with Gasteiger partial charge < -0.3 is 0 Å². The summed E-state index contributed by atoms with van der Waals surface area (Å²) in [5.41, 5.74) is 14.7. The highest BCUT2D eigenvalue weighted by Gasteiger charge is 2.25. The van der Waals surface area contributed by atoms with Gasteiger partial charge in [0.2, 0.25) is 0 Å². The van der Waals surface area contributed by atoms with Gasteiger partial charge >= 0.3 is 0 Å². The SMILES string of the molecule is Cc1ccc2c(c1C(C)C)Cc1cc3cc4c(cc3cc1-2)-c1ccccc1C4. The third-order valence-corrected chi connectivity index (χ3v) is 6.78. The highest BCUT2D eigenvalue weighted by atomic mass is 14.3. The molecule has 0 aliphatic heterocycles. The summed E-state index contributed by atoms with van der Waals surface area (Å²) >= 11 is 0. The van der Waals surface area contributed by atoms with E-state index in [9.17, 15) is 0 Å². The minimum atomic E-state index is 0.569. The Labute approximate surface area is 166 Å². The van der Waals surface area contributed by atoms with Crippen molar-refractivity contribution in [2.24, 2.45) is 0 Å². The van der Waals surface area contributed by atoms with Crippen molar-refractivity contribution in [3.8, 4) is 22.3 Å². The second-order valence-electron chi connectivity index (χ2n) is 8.85. The molecule has 6 rings (SSSR count). The van der Waals surface area contributed by atoms with Gasteiger partial charge in [-0.05, 0) is 104 Å². The fourth-order valence-corrected chi connectivity index (χ4v) is 5.60. The zero-order valence-corrected chi connectivity index (χ0v) is 16.8. The second kappa shape index (κ2) is 5.58. The zero-order chi connectivity index (χ0) is 19.0. The molecule has 4 aromatic carbocycles. The lowest BCUT2D eigenvalue weighted by Gasteiger charge is -2.15. The maximum Gasteiger partial charge on any atom is -0.00103 e. The lowest BCUT2D eigenvalue weighted by atomic mass is 9.89. The van der Waals surface area contributed by atoms with E-state index in [2.05, 4.69) is 81.4 Å². The summed E-state index contributed by atoms with van der Waals surface area (Å²) in [5, 5.41) is 2.76. The molecule has 0 N–H and O–H groups in total. The molecule has 0 nitrogen and oxygen atoms in total. The Hall–Kier alpha value is -2.86. The molecule has 2 aliphatic carbocycles. The highest BCUT2D eigenvalue weighted by Crippen LogP contribution is 2.45. The summed E-state index contributed by atoms with van der Waals surface area (Å²) in [4.78, 5) is 0. The van der Waals surface area contributed by atoms with E-state index in [0.29, 0.717) is 5.92 Å². The molecule has 28 heavy (non-hydrogen) atoms. The summed E-state index contributed by atoms with van der Waals surface area (Å²) < 4.78 is 0. The third kappa shape index (κ3) is 2.12. The van der Waals surface area contributed by atoms with Gasteiger partial charge in [-0.15, -0.1) is 0 Å². The maximum atomic E-state index is 2.45. The summed E-state index contributed by atoms with van der Waals surface area (Å²) in [6.45, 7) is 6.91. The summed E-state index contributed by atoms with van der Waals surface area (Å²) in [6, 6.07) is 23.3. The largest absolute Gasteiger partial charge is 0.0619 e. The summed E-state index contributed by atoms with van der Waals surface area (Å²) in [7, 11) is 0. The second-order valence-corrected chi connectivity index (χ2v) is 8.85. The van der Waals surface area contributed by atoms with Gasteiger partial charge in [-0.2, -0.15) is 0 Å². The lowest BCUT2D eigenvalue weighted by molar-refractivity contribution is 0.842.